The lowest BCUT2D eigenvalue weighted by atomic mass is 10.1. The first-order valence-corrected chi connectivity index (χ1v) is 5.68. The van der Waals surface area contributed by atoms with Gasteiger partial charge in [-0.1, -0.05) is 6.92 Å². The smallest absolute Gasteiger partial charge is 0.128 e. The van der Waals surface area contributed by atoms with E-state index in [1.54, 1.807) is 32.2 Å². The summed E-state index contributed by atoms with van der Waals surface area (Å²) in [4.78, 5) is 0. The molecule has 1 aromatic rings. The van der Waals surface area contributed by atoms with Crippen molar-refractivity contribution in [3.8, 4) is 11.5 Å². The summed E-state index contributed by atoms with van der Waals surface area (Å²) in [6.45, 7) is 4.06. The number of hydrogen-bond donors (Lipinski definition) is 2. The van der Waals surface area contributed by atoms with Crippen molar-refractivity contribution in [3.05, 3.63) is 23.8 Å². The van der Waals surface area contributed by atoms with Crippen LogP contribution < -0.4 is 9.47 Å². The van der Waals surface area contributed by atoms with Crippen molar-refractivity contribution in [3.63, 3.8) is 0 Å². The van der Waals surface area contributed by atoms with Gasteiger partial charge in [0, 0.05) is 24.2 Å². The van der Waals surface area contributed by atoms with Gasteiger partial charge in [0.1, 0.15) is 11.5 Å². The Morgan fingerprint density at radius 3 is 2.53 bits per heavy atom. The molecule has 0 saturated carbocycles. The van der Waals surface area contributed by atoms with Crippen LogP contribution in [0.15, 0.2) is 18.2 Å². The van der Waals surface area contributed by atoms with Gasteiger partial charge >= 0.3 is 0 Å². The number of methoxy groups -OCH3 is 1. The number of rotatable bonds is 6. The third-order valence-corrected chi connectivity index (χ3v) is 2.51. The van der Waals surface area contributed by atoms with Crippen molar-refractivity contribution in [1.29, 1.82) is 0 Å². The fraction of sp³-hybridized carbons (Fsp3) is 0.538. The van der Waals surface area contributed by atoms with E-state index >= 15 is 0 Å². The zero-order valence-electron chi connectivity index (χ0n) is 10.5. The molecule has 0 fully saturated rings. The first-order chi connectivity index (χ1) is 8.08. The van der Waals surface area contributed by atoms with Gasteiger partial charge < -0.3 is 19.7 Å². The molecular weight excluding hydrogens is 220 g/mol. The highest BCUT2D eigenvalue weighted by Crippen LogP contribution is 2.29. The second kappa shape index (κ2) is 6.47. The summed E-state index contributed by atoms with van der Waals surface area (Å²) in [6, 6.07) is 5.30. The molecule has 17 heavy (non-hydrogen) atoms. The number of aliphatic hydroxyl groups is 2. The summed E-state index contributed by atoms with van der Waals surface area (Å²) in [6.07, 6.45) is -0.597. The monoisotopic (exact) mass is 240 g/mol. The van der Waals surface area contributed by atoms with Gasteiger partial charge in [-0.15, -0.1) is 0 Å². The molecule has 0 aliphatic heterocycles. The molecule has 0 saturated heterocycles. The number of ether oxygens (including phenoxy) is 2. The lowest BCUT2D eigenvalue weighted by Crippen LogP contribution is -2.13. The molecule has 0 aliphatic rings. The van der Waals surface area contributed by atoms with Gasteiger partial charge in [0.15, 0.2) is 0 Å². The van der Waals surface area contributed by atoms with E-state index < -0.39 is 6.10 Å². The van der Waals surface area contributed by atoms with E-state index in [4.69, 9.17) is 14.6 Å². The van der Waals surface area contributed by atoms with Crippen LogP contribution in [0.4, 0.5) is 0 Å². The van der Waals surface area contributed by atoms with E-state index in [1.807, 2.05) is 6.92 Å². The predicted molar refractivity (Wildman–Crippen MR) is 65.4 cm³/mol. The standard InChI is InChI=1S/C13H20O4/c1-9(7-14)8-17-13-6-11(16-3)4-5-12(13)10(2)15/h4-6,9-10,14-15H,7-8H2,1-3H3. The second-order valence-electron chi connectivity index (χ2n) is 4.18. The van der Waals surface area contributed by atoms with Crippen LogP contribution in [0.5, 0.6) is 11.5 Å². The molecule has 0 spiro atoms. The van der Waals surface area contributed by atoms with Crippen molar-refractivity contribution in [1.82, 2.24) is 0 Å². The van der Waals surface area contributed by atoms with Gasteiger partial charge in [0.2, 0.25) is 0 Å². The summed E-state index contributed by atoms with van der Waals surface area (Å²) in [5.74, 6) is 1.34. The summed E-state index contributed by atoms with van der Waals surface area (Å²) in [7, 11) is 1.58. The van der Waals surface area contributed by atoms with Crippen molar-refractivity contribution < 1.29 is 19.7 Å². The van der Waals surface area contributed by atoms with E-state index in [0.717, 1.165) is 5.56 Å². The Balaban J connectivity index is 2.85. The SMILES string of the molecule is COc1ccc(C(C)O)c(OCC(C)CO)c1. The van der Waals surface area contributed by atoms with E-state index in [-0.39, 0.29) is 12.5 Å². The Morgan fingerprint density at radius 2 is 2.00 bits per heavy atom. The minimum atomic E-state index is -0.597. The van der Waals surface area contributed by atoms with E-state index in [0.29, 0.717) is 18.1 Å². The molecule has 2 unspecified atom stereocenters. The van der Waals surface area contributed by atoms with Gasteiger partial charge in [-0.25, -0.2) is 0 Å². The van der Waals surface area contributed by atoms with Crippen LogP contribution in [0, 0.1) is 5.92 Å². The molecule has 4 heteroatoms. The summed E-state index contributed by atoms with van der Waals surface area (Å²) >= 11 is 0. The molecule has 1 aromatic carbocycles. The van der Waals surface area contributed by atoms with Crippen LogP contribution in [0.1, 0.15) is 25.5 Å². The molecule has 0 aromatic heterocycles. The molecule has 0 radical (unpaired) electrons. The minimum absolute atomic E-state index is 0.0584. The topological polar surface area (TPSA) is 58.9 Å². The Hall–Kier alpha value is -1.26. The number of aliphatic hydroxyl groups excluding tert-OH is 2. The van der Waals surface area contributed by atoms with Crippen LogP contribution in [0.25, 0.3) is 0 Å². The Kier molecular flexibility index (Phi) is 5.25. The van der Waals surface area contributed by atoms with Gasteiger partial charge in [-0.3, -0.25) is 0 Å². The van der Waals surface area contributed by atoms with E-state index in [2.05, 4.69) is 0 Å². The molecule has 4 nitrogen and oxygen atoms in total. The number of hydrogen-bond acceptors (Lipinski definition) is 4. The lowest BCUT2D eigenvalue weighted by Gasteiger charge is -2.16. The summed E-state index contributed by atoms with van der Waals surface area (Å²) in [5.41, 5.74) is 0.718. The van der Waals surface area contributed by atoms with Gasteiger partial charge in [-0.05, 0) is 19.1 Å². The van der Waals surface area contributed by atoms with Gasteiger partial charge in [0.25, 0.3) is 0 Å². The zero-order chi connectivity index (χ0) is 12.8. The molecule has 0 heterocycles. The largest absolute Gasteiger partial charge is 0.497 e. The summed E-state index contributed by atoms with van der Waals surface area (Å²) in [5, 5.41) is 18.6. The fourth-order valence-corrected chi connectivity index (χ4v) is 1.40. The molecule has 0 bridgehead atoms. The third-order valence-electron chi connectivity index (χ3n) is 2.51. The fourth-order valence-electron chi connectivity index (χ4n) is 1.40. The van der Waals surface area contributed by atoms with Crippen molar-refractivity contribution >= 4 is 0 Å². The molecule has 0 amide bonds. The van der Waals surface area contributed by atoms with E-state index in [9.17, 15) is 5.11 Å². The Bertz CT molecular complexity index is 349. The van der Waals surface area contributed by atoms with Crippen molar-refractivity contribution in [2.24, 2.45) is 5.92 Å². The highest BCUT2D eigenvalue weighted by atomic mass is 16.5. The quantitative estimate of drug-likeness (QED) is 0.795. The Morgan fingerprint density at radius 1 is 1.29 bits per heavy atom. The number of benzene rings is 1. The second-order valence-corrected chi connectivity index (χ2v) is 4.18. The minimum Gasteiger partial charge on any atom is -0.497 e. The van der Waals surface area contributed by atoms with E-state index in [1.165, 1.54) is 0 Å². The van der Waals surface area contributed by atoms with Crippen LogP contribution in [0.2, 0.25) is 0 Å². The highest BCUT2D eigenvalue weighted by Gasteiger charge is 2.11. The first-order valence-electron chi connectivity index (χ1n) is 5.68. The maximum absolute atomic E-state index is 9.62. The van der Waals surface area contributed by atoms with Crippen molar-refractivity contribution in [2.45, 2.75) is 20.0 Å². The zero-order valence-corrected chi connectivity index (χ0v) is 10.5. The molecular formula is C13H20O4. The Labute approximate surface area is 102 Å². The average molecular weight is 240 g/mol. The average Bonchev–Trinajstić information content (AvgIpc) is 2.35. The van der Waals surface area contributed by atoms with Gasteiger partial charge in [-0.2, -0.15) is 0 Å². The predicted octanol–water partition coefficient (Wildman–Crippen LogP) is 1.76. The third kappa shape index (κ3) is 3.91. The maximum atomic E-state index is 9.62. The molecule has 0 aliphatic carbocycles. The van der Waals surface area contributed by atoms with Crippen LogP contribution in [0.3, 0.4) is 0 Å². The molecule has 96 valence electrons. The van der Waals surface area contributed by atoms with Crippen molar-refractivity contribution in [2.75, 3.05) is 20.3 Å². The molecule has 1 rings (SSSR count). The lowest BCUT2D eigenvalue weighted by molar-refractivity contribution is 0.163. The van der Waals surface area contributed by atoms with Gasteiger partial charge in [0.05, 0.1) is 19.8 Å². The first kappa shape index (κ1) is 13.8. The van der Waals surface area contributed by atoms with Crippen LogP contribution >= 0.6 is 0 Å². The summed E-state index contributed by atoms with van der Waals surface area (Å²) < 4.78 is 10.7. The highest BCUT2D eigenvalue weighted by molar-refractivity contribution is 5.41. The molecule has 2 atom stereocenters. The maximum Gasteiger partial charge on any atom is 0.128 e. The van der Waals surface area contributed by atoms with Crippen LogP contribution in [-0.4, -0.2) is 30.5 Å². The molecule has 2 N–H and O–H groups in total. The normalized spacial score (nSPS) is 14.2. The van der Waals surface area contributed by atoms with Crippen LogP contribution in [-0.2, 0) is 0 Å².